The molecule has 1 heterocycles. The van der Waals surface area contributed by atoms with Gasteiger partial charge >= 0.3 is 0 Å². The Kier molecular flexibility index (Phi) is 5.38. The molecule has 1 aromatic carbocycles. The number of ether oxygens (including phenoxy) is 1. The molecule has 2 unspecified atom stereocenters. The third kappa shape index (κ3) is 3.30. The minimum Gasteiger partial charge on any atom is -0.380 e. The highest BCUT2D eigenvalue weighted by atomic mass is 19.1. The van der Waals surface area contributed by atoms with E-state index in [2.05, 4.69) is 24.1 Å². The fourth-order valence-electron chi connectivity index (χ4n) is 2.81. The number of rotatable bonds is 6. The Morgan fingerprint density at radius 2 is 2.30 bits per heavy atom. The number of hydrogen-bond acceptors (Lipinski definition) is 3. The van der Waals surface area contributed by atoms with Gasteiger partial charge in [-0.05, 0) is 37.9 Å². The predicted octanol–water partition coefficient (Wildman–Crippen LogP) is 3.11. The lowest BCUT2D eigenvalue weighted by Crippen LogP contribution is -2.27. The van der Waals surface area contributed by atoms with Crippen LogP contribution in [0.2, 0.25) is 0 Å². The van der Waals surface area contributed by atoms with Crippen molar-refractivity contribution in [3.8, 4) is 0 Å². The van der Waals surface area contributed by atoms with Crippen LogP contribution in [0.5, 0.6) is 0 Å². The summed E-state index contributed by atoms with van der Waals surface area (Å²) in [5, 5.41) is 3.44. The molecule has 112 valence electrons. The standard InChI is InChI=1S/C16H25FN2O/c1-4-9-18-12(2)14-6-5-7-15(17)16(14)19-10-8-13(11-19)20-3/h5-7,12-13,18H,4,8-11H2,1-3H3. The van der Waals surface area contributed by atoms with Gasteiger partial charge in [-0.2, -0.15) is 0 Å². The Morgan fingerprint density at radius 1 is 1.50 bits per heavy atom. The number of anilines is 1. The fraction of sp³-hybridized carbons (Fsp3) is 0.625. The Balaban J connectivity index is 2.22. The van der Waals surface area contributed by atoms with E-state index in [1.807, 2.05) is 6.07 Å². The SMILES string of the molecule is CCCNC(C)c1cccc(F)c1N1CCC(OC)C1. The molecule has 2 rings (SSSR count). The minimum atomic E-state index is -0.135. The van der Waals surface area contributed by atoms with E-state index in [0.717, 1.165) is 43.7 Å². The molecule has 0 aromatic heterocycles. The van der Waals surface area contributed by atoms with E-state index < -0.39 is 0 Å². The fourth-order valence-corrected chi connectivity index (χ4v) is 2.81. The van der Waals surface area contributed by atoms with Crippen LogP contribution in [0.1, 0.15) is 38.3 Å². The van der Waals surface area contributed by atoms with Crippen molar-refractivity contribution in [3.05, 3.63) is 29.6 Å². The maximum atomic E-state index is 14.3. The second-order valence-corrected chi connectivity index (χ2v) is 5.45. The molecule has 1 aliphatic heterocycles. The largest absolute Gasteiger partial charge is 0.380 e. The molecule has 3 nitrogen and oxygen atoms in total. The summed E-state index contributed by atoms with van der Waals surface area (Å²) in [5.74, 6) is -0.135. The number of para-hydroxylation sites is 1. The van der Waals surface area contributed by atoms with Crippen molar-refractivity contribution in [1.82, 2.24) is 5.32 Å². The van der Waals surface area contributed by atoms with Crippen LogP contribution >= 0.6 is 0 Å². The van der Waals surface area contributed by atoms with Crippen molar-refractivity contribution in [2.24, 2.45) is 0 Å². The molecule has 0 saturated carbocycles. The van der Waals surface area contributed by atoms with Gasteiger partial charge in [-0.1, -0.05) is 19.1 Å². The average molecular weight is 280 g/mol. The summed E-state index contributed by atoms with van der Waals surface area (Å²) >= 11 is 0. The summed E-state index contributed by atoms with van der Waals surface area (Å²) in [6.07, 6.45) is 2.24. The lowest BCUT2D eigenvalue weighted by Gasteiger charge is -2.25. The molecule has 0 radical (unpaired) electrons. The van der Waals surface area contributed by atoms with Gasteiger partial charge in [0.05, 0.1) is 11.8 Å². The predicted molar refractivity (Wildman–Crippen MR) is 80.7 cm³/mol. The molecule has 1 aromatic rings. The van der Waals surface area contributed by atoms with Crippen LogP contribution in [-0.4, -0.2) is 32.8 Å². The Bertz CT molecular complexity index is 438. The van der Waals surface area contributed by atoms with Crippen molar-refractivity contribution in [3.63, 3.8) is 0 Å². The maximum absolute atomic E-state index is 14.3. The summed E-state index contributed by atoms with van der Waals surface area (Å²) in [4.78, 5) is 2.11. The van der Waals surface area contributed by atoms with Crippen LogP contribution in [0.15, 0.2) is 18.2 Å². The van der Waals surface area contributed by atoms with Crippen molar-refractivity contribution >= 4 is 5.69 Å². The first-order valence-corrected chi connectivity index (χ1v) is 7.46. The van der Waals surface area contributed by atoms with Gasteiger partial charge in [0.2, 0.25) is 0 Å². The normalized spacial score (nSPS) is 20.4. The van der Waals surface area contributed by atoms with Crippen molar-refractivity contribution < 1.29 is 9.13 Å². The third-order valence-electron chi connectivity index (χ3n) is 3.98. The Hall–Kier alpha value is -1.13. The highest BCUT2D eigenvalue weighted by Gasteiger charge is 2.27. The monoisotopic (exact) mass is 280 g/mol. The summed E-state index contributed by atoms with van der Waals surface area (Å²) < 4.78 is 19.7. The number of nitrogens with zero attached hydrogens (tertiary/aromatic N) is 1. The van der Waals surface area contributed by atoms with E-state index in [1.165, 1.54) is 0 Å². The Morgan fingerprint density at radius 3 is 2.95 bits per heavy atom. The molecule has 0 spiro atoms. The molecule has 1 fully saturated rings. The molecular weight excluding hydrogens is 255 g/mol. The van der Waals surface area contributed by atoms with E-state index in [4.69, 9.17) is 4.74 Å². The first-order chi connectivity index (χ1) is 9.67. The van der Waals surface area contributed by atoms with Gasteiger partial charge in [0.1, 0.15) is 5.82 Å². The lowest BCUT2D eigenvalue weighted by molar-refractivity contribution is 0.121. The van der Waals surface area contributed by atoms with Crippen LogP contribution in [-0.2, 0) is 4.74 Å². The van der Waals surface area contributed by atoms with Gasteiger partial charge in [0.25, 0.3) is 0 Å². The molecule has 0 aliphatic carbocycles. The molecule has 0 amide bonds. The zero-order valence-corrected chi connectivity index (χ0v) is 12.7. The molecule has 4 heteroatoms. The van der Waals surface area contributed by atoms with Crippen LogP contribution in [0.3, 0.4) is 0 Å². The van der Waals surface area contributed by atoms with Crippen molar-refractivity contribution in [2.45, 2.75) is 38.8 Å². The van der Waals surface area contributed by atoms with Crippen LogP contribution in [0, 0.1) is 5.82 Å². The van der Waals surface area contributed by atoms with Gasteiger partial charge in [-0.3, -0.25) is 0 Å². The van der Waals surface area contributed by atoms with Crippen molar-refractivity contribution in [1.29, 1.82) is 0 Å². The summed E-state index contributed by atoms with van der Waals surface area (Å²) in [5.41, 5.74) is 1.78. The van der Waals surface area contributed by atoms with Crippen LogP contribution < -0.4 is 10.2 Å². The van der Waals surface area contributed by atoms with Crippen LogP contribution in [0.4, 0.5) is 10.1 Å². The summed E-state index contributed by atoms with van der Waals surface area (Å²) in [6, 6.07) is 5.52. The van der Waals surface area contributed by atoms with E-state index in [1.54, 1.807) is 19.2 Å². The highest BCUT2D eigenvalue weighted by Crippen LogP contribution is 2.32. The van der Waals surface area contributed by atoms with E-state index in [0.29, 0.717) is 0 Å². The molecule has 1 saturated heterocycles. The van der Waals surface area contributed by atoms with Gasteiger partial charge < -0.3 is 15.0 Å². The number of halogens is 1. The van der Waals surface area contributed by atoms with E-state index >= 15 is 0 Å². The second kappa shape index (κ2) is 7.04. The second-order valence-electron chi connectivity index (χ2n) is 5.45. The van der Waals surface area contributed by atoms with Gasteiger partial charge in [0.15, 0.2) is 0 Å². The van der Waals surface area contributed by atoms with Crippen molar-refractivity contribution in [2.75, 3.05) is 31.6 Å². The quantitative estimate of drug-likeness (QED) is 0.866. The van der Waals surface area contributed by atoms with Gasteiger partial charge in [0, 0.05) is 26.2 Å². The summed E-state index contributed by atoms with van der Waals surface area (Å²) in [6.45, 7) is 6.79. The topological polar surface area (TPSA) is 24.5 Å². The molecule has 1 aliphatic rings. The Labute approximate surface area is 121 Å². The number of hydrogen-bond donors (Lipinski definition) is 1. The number of methoxy groups -OCH3 is 1. The molecule has 0 bridgehead atoms. The smallest absolute Gasteiger partial charge is 0.146 e. The average Bonchev–Trinajstić information content (AvgIpc) is 2.93. The molecular formula is C16H25FN2O. The highest BCUT2D eigenvalue weighted by molar-refractivity contribution is 5.57. The molecule has 2 atom stereocenters. The van der Waals surface area contributed by atoms with E-state index in [9.17, 15) is 4.39 Å². The maximum Gasteiger partial charge on any atom is 0.146 e. The van der Waals surface area contributed by atoms with E-state index in [-0.39, 0.29) is 18.0 Å². The number of nitrogens with one attached hydrogen (secondary N) is 1. The summed E-state index contributed by atoms with van der Waals surface area (Å²) in [7, 11) is 1.72. The lowest BCUT2D eigenvalue weighted by atomic mass is 10.0. The third-order valence-corrected chi connectivity index (χ3v) is 3.98. The molecule has 1 N–H and O–H groups in total. The van der Waals surface area contributed by atoms with Gasteiger partial charge in [-0.25, -0.2) is 4.39 Å². The number of benzene rings is 1. The first-order valence-electron chi connectivity index (χ1n) is 7.46. The van der Waals surface area contributed by atoms with Gasteiger partial charge in [-0.15, -0.1) is 0 Å². The van der Waals surface area contributed by atoms with Crippen LogP contribution in [0.25, 0.3) is 0 Å². The zero-order chi connectivity index (χ0) is 14.5. The zero-order valence-electron chi connectivity index (χ0n) is 12.7. The minimum absolute atomic E-state index is 0.135. The molecule has 20 heavy (non-hydrogen) atoms. The first kappa shape index (κ1) is 15.3.